The summed E-state index contributed by atoms with van der Waals surface area (Å²) in [5.74, 6) is 1.03. The molecule has 0 radical (unpaired) electrons. The van der Waals surface area contributed by atoms with Crippen LogP contribution < -0.4 is 10.1 Å². The van der Waals surface area contributed by atoms with Crippen LogP contribution >= 0.6 is 0 Å². The van der Waals surface area contributed by atoms with E-state index in [4.69, 9.17) is 4.74 Å². The van der Waals surface area contributed by atoms with Gasteiger partial charge in [-0.1, -0.05) is 61.9 Å². The lowest BCUT2D eigenvalue weighted by molar-refractivity contribution is -0.127. The van der Waals surface area contributed by atoms with Crippen LogP contribution in [0.3, 0.4) is 0 Å². The summed E-state index contributed by atoms with van der Waals surface area (Å²) in [6, 6.07) is 16.0. The molecule has 0 bridgehead atoms. The number of carbonyl (C=O) groups excluding carboxylic acids is 1. The fraction of sp³-hybridized carbons (Fsp3) is 0.350. The maximum Gasteiger partial charge on any atom is 0.261 e. The summed E-state index contributed by atoms with van der Waals surface area (Å²) in [4.78, 5) is 12.2. The number of carbonyl (C=O) groups is 1. The molecule has 1 atom stereocenters. The minimum atomic E-state index is -0.527. The molecule has 0 aliphatic heterocycles. The Balaban J connectivity index is 1.94. The zero-order chi connectivity index (χ0) is 16.8. The molecular formula is C20H25NO2. The molecular weight excluding hydrogens is 286 g/mol. The third kappa shape index (κ3) is 4.85. The molecule has 0 saturated heterocycles. The van der Waals surface area contributed by atoms with Crippen molar-refractivity contribution in [3.8, 4) is 5.75 Å². The molecule has 2 rings (SSSR count). The van der Waals surface area contributed by atoms with E-state index in [0.29, 0.717) is 12.5 Å². The number of aryl methyl sites for hydroxylation is 1. The highest BCUT2D eigenvalue weighted by Gasteiger charge is 2.16. The highest BCUT2D eigenvalue weighted by Crippen LogP contribution is 2.26. The van der Waals surface area contributed by atoms with Crippen LogP contribution in [-0.4, -0.2) is 12.0 Å². The summed E-state index contributed by atoms with van der Waals surface area (Å²) < 4.78 is 5.86. The van der Waals surface area contributed by atoms with E-state index >= 15 is 0 Å². The van der Waals surface area contributed by atoms with Gasteiger partial charge in [0.25, 0.3) is 5.91 Å². The van der Waals surface area contributed by atoms with Crippen molar-refractivity contribution in [3.63, 3.8) is 0 Å². The highest BCUT2D eigenvalue weighted by atomic mass is 16.5. The van der Waals surface area contributed by atoms with E-state index in [9.17, 15) is 4.79 Å². The fourth-order valence-corrected chi connectivity index (χ4v) is 2.35. The predicted octanol–water partition coefficient (Wildman–Crippen LogP) is 4.20. The SMILES string of the molecule is Cc1ccc(CNC(=O)[C@H](C)Oc2ccccc2C(C)C)cc1. The van der Waals surface area contributed by atoms with Gasteiger partial charge < -0.3 is 10.1 Å². The Kier molecular flexibility index (Phi) is 5.80. The molecule has 1 amide bonds. The van der Waals surface area contributed by atoms with Crippen molar-refractivity contribution in [1.82, 2.24) is 5.32 Å². The number of amides is 1. The monoisotopic (exact) mass is 311 g/mol. The molecule has 0 aromatic heterocycles. The van der Waals surface area contributed by atoms with Crippen LogP contribution in [-0.2, 0) is 11.3 Å². The van der Waals surface area contributed by atoms with Crippen LogP contribution in [0.1, 0.15) is 43.4 Å². The number of ether oxygens (including phenoxy) is 1. The van der Waals surface area contributed by atoms with Crippen LogP contribution in [0.5, 0.6) is 5.75 Å². The summed E-state index contributed by atoms with van der Waals surface area (Å²) in [7, 11) is 0. The van der Waals surface area contributed by atoms with Crippen molar-refractivity contribution < 1.29 is 9.53 Å². The standard InChI is InChI=1S/C20H25NO2/c1-14(2)18-7-5-6-8-19(18)23-16(4)20(22)21-13-17-11-9-15(3)10-12-17/h5-12,14,16H,13H2,1-4H3,(H,21,22)/t16-/m0/s1. The van der Waals surface area contributed by atoms with Gasteiger partial charge in [0, 0.05) is 6.54 Å². The minimum Gasteiger partial charge on any atom is -0.481 e. The van der Waals surface area contributed by atoms with Crippen molar-refractivity contribution in [1.29, 1.82) is 0 Å². The quantitative estimate of drug-likeness (QED) is 0.868. The van der Waals surface area contributed by atoms with Gasteiger partial charge >= 0.3 is 0 Å². The molecule has 23 heavy (non-hydrogen) atoms. The first-order chi connectivity index (χ1) is 11.0. The van der Waals surface area contributed by atoms with Crippen LogP contribution in [0, 0.1) is 6.92 Å². The third-order valence-corrected chi connectivity index (χ3v) is 3.80. The van der Waals surface area contributed by atoms with Crippen LogP contribution in [0.15, 0.2) is 48.5 Å². The van der Waals surface area contributed by atoms with Gasteiger partial charge in [0.15, 0.2) is 6.10 Å². The number of benzene rings is 2. The molecule has 122 valence electrons. The average molecular weight is 311 g/mol. The van der Waals surface area contributed by atoms with E-state index in [0.717, 1.165) is 16.9 Å². The number of rotatable bonds is 6. The number of hydrogen-bond donors (Lipinski definition) is 1. The van der Waals surface area contributed by atoms with Crippen molar-refractivity contribution in [3.05, 3.63) is 65.2 Å². The molecule has 3 heteroatoms. The summed E-state index contributed by atoms with van der Waals surface area (Å²) in [5.41, 5.74) is 3.41. The normalized spacial score (nSPS) is 12.0. The Morgan fingerprint density at radius 3 is 2.35 bits per heavy atom. The first kappa shape index (κ1) is 17.1. The van der Waals surface area contributed by atoms with Crippen molar-refractivity contribution in [2.75, 3.05) is 0 Å². The van der Waals surface area contributed by atoms with Crippen molar-refractivity contribution in [2.45, 2.75) is 46.3 Å². The molecule has 0 aliphatic rings. The van der Waals surface area contributed by atoms with Gasteiger partial charge in [0.1, 0.15) is 5.75 Å². The molecule has 3 nitrogen and oxygen atoms in total. The van der Waals surface area contributed by atoms with Gasteiger partial charge in [-0.05, 0) is 37.0 Å². The molecule has 1 N–H and O–H groups in total. The smallest absolute Gasteiger partial charge is 0.261 e. The number of para-hydroxylation sites is 1. The Hall–Kier alpha value is -2.29. The number of hydrogen-bond acceptors (Lipinski definition) is 2. The Morgan fingerprint density at radius 1 is 1.04 bits per heavy atom. The van der Waals surface area contributed by atoms with Crippen molar-refractivity contribution in [2.24, 2.45) is 0 Å². The van der Waals surface area contributed by atoms with Gasteiger partial charge in [-0.2, -0.15) is 0 Å². The Labute approximate surface area is 138 Å². The molecule has 0 fully saturated rings. The zero-order valence-corrected chi connectivity index (χ0v) is 14.3. The van der Waals surface area contributed by atoms with E-state index in [1.54, 1.807) is 6.92 Å². The second-order valence-corrected chi connectivity index (χ2v) is 6.16. The van der Waals surface area contributed by atoms with Gasteiger partial charge in [0.2, 0.25) is 0 Å². The second kappa shape index (κ2) is 7.82. The molecule has 0 heterocycles. The third-order valence-electron chi connectivity index (χ3n) is 3.80. The molecule has 0 unspecified atom stereocenters. The summed E-state index contributed by atoms with van der Waals surface area (Å²) in [5, 5.41) is 2.92. The Bertz CT molecular complexity index is 647. The predicted molar refractivity (Wildman–Crippen MR) is 93.6 cm³/mol. The van der Waals surface area contributed by atoms with E-state index in [1.807, 2.05) is 55.5 Å². The molecule has 2 aromatic rings. The maximum absolute atomic E-state index is 12.2. The second-order valence-electron chi connectivity index (χ2n) is 6.16. The lowest BCUT2D eigenvalue weighted by Gasteiger charge is -2.18. The average Bonchev–Trinajstić information content (AvgIpc) is 2.54. The van der Waals surface area contributed by atoms with Crippen LogP contribution in [0.25, 0.3) is 0 Å². The van der Waals surface area contributed by atoms with Crippen LogP contribution in [0.2, 0.25) is 0 Å². The Morgan fingerprint density at radius 2 is 1.70 bits per heavy atom. The zero-order valence-electron chi connectivity index (χ0n) is 14.3. The summed E-state index contributed by atoms with van der Waals surface area (Å²) in [6.07, 6.45) is -0.527. The molecule has 0 spiro atoms. The van der Waals surface area contributed by atoms with E-state index < -0.39 is 6.10 Å². The summed E-state index contributed by atoms with van der Waals surface area (Å²) >= 11 is 0. The largest absolute Gasteiger partial charge is 0.481 e. The topological polar surface area (TPSA) is 38.3 Å². The fourth-order valence-electron chi connectivity index (χ4n) is 2.35. The first-order valence-electron chi connectivity index (χ1n) is 8.06. The lowest BCUT2D eigenvalue weighted by atomic mass is 10.0. The van der Waals surface area contributed by atoms with Gasteiger partial charge in [-0.3, -0.25) is 4.79 Å². The molecule has 0 aliphatic carbocycles. The highest BCUT2D eigenvalue weighted by molar-refractivity contribution is 5.80. The van der Waals surface area contributed by atoms with Gasteiger partial charge in [-0.25, -0.2) is 0 Å². The van der Waals surface area contributed by atoms with E-state index in [2.05, 4.69) is 19.2 Å². The summed E-state index contributed by atoms with van der Waals surface area (Å²) in [6.45, 7) is 8.57. The van der Waals surface area contributed by atoms with Gasteiger partial charge in [-0.15, -0.1) is 0 Å². The van der Waals surface area contributed by atoms with Crippen molar-refractivity contribution >= 4 is 5.91 Å². The maximum atomic E-state index is 12.2. The minimum absolute atomic E-state index is 0.107. The van der Waals surface area contributed by atoms with Crippen LogP contribution in [0.4, 0.5) is 0 Å². The van der Waals surface area contributed by atoms with Gasteiger partial charge in [0.05, 0.1) is 0 Å². The first-order valence-corrected chi connectivity index (χ1v) is 8.06. The molecule has 2 aromatic carbocycles. The lowest BCUT2D eigenvalue weighted by Crippen LogP contribution is -2.36. The van der Waals surface area contributed by atoms with E-state index in [1.165, 1.54) is 5.56 Å². The molecule has 0 saturated carbocycles. The number of nitrogens with one attached hydrogen (secondary N) is 1. The van der Waals surface area contributed by atoms with E-state index in [-0.39, 0.29) is 5.91 Å².